The van der Waals surface area contributed by atoms with Gasteiger partial charge in [-0.15, -0.1) is 0 Å². The lowest BCUT2D eigenvalue weighted by atomic mass is 10.2. The molecular weight excluding hydrogens is 312 g/mol. The summed E-state index contributed by atoms with van der Waals surface area (Å²) in [5, 5.41) is 2.84. The largest absolute Gasteiger partial charge is 0.334 e. The Balaban J connectivity index is 1.85. The summed E-state index contributed by atoms with van der Waals surface area (Å²) in [5.41, 5.74) is 1.47. The summed E-state index contributed by atoms with van der Waals surface area (Å²) in [5.74, 6) is 0.144. The maximum Gasteiger partial charge on any atom is 0.326 e. The fourth-order valence-corrected chi connectivity index (χ4v) is 4.36. The Kier molecular flexibility index (Phi) is 4.34. The van der Waals surface area contributed by atoms with Crippen molar-refractivity contribution in [2.45, 2.75) is 12.5 Å². The monoisotopic (exact) mass is 330 g/mol. The van der Waals surface area contributed by atoms with Crippen molar-refractivity contribution < 1.29 is 13.2 Å². The lowest BCUT2D eigenvalue weighted by Crippen LogP contribution is -2.43. The summed E-state index contributed by atoms with van der Waals surface area (Å²) < 4.78 is 23.1. The molecule has 1 heterocycles. The second-order valence-corrected chi connectivity index (χ2v) is 7.78. The van der Waals surface area contributed by atoms with Gasteiger partial charge in [-0.25, -0.2) is 13.2 Å². The summed E-state index contributed by atoms with van der Waals surface area (Å²) in [4.78, 5) is 14.3. The van der Waals surface area contributed by atoms with Gasteiger partial charge in [-0.05, 0) is 30.7 Å². The molecule has 1 aliphatic heterocycles. The van der Waals surface area contributed by atoms with Gasteiger partial charge in [-0.2, -0.15) is 0 Å². The predicted octanol–water partition coefficient (Wildman–Crippen LogP) is 2.72. The standard InChI is InChI=1S/C17H18N2O3S/c20-17(18-14-11-12-23(21,22)13-14)19(15-7-3-1-4-8-15)16-9-5-2-6-10-16/h1-10,14H,11-13H2,(H,18,20)/t14-/m0/s1. The van der Waals surface area contributed by atoms with Crippen LogP contribution in [-0.2, 0) is 9.84 Å². The number of carbonyl (C=O) groups is 1. The van der Waals surface area contributed by atoms with Crippen molar-refractivity contribution in [3.05, 3.63) is 60.7 Å². The SMILES string of the molecule is O=C(N[C@H]1CCS(=O)(=O)C1)N(c1ccccc1)c1ccccc1. The zero-order chi connectivity index (χ0) is 16.3. The first-order chi connectivity index (χ1) is 11.1. The highest BCUT2D eigenvalue weighted by Crippen LogP contribution is 2.25. The average Bonchev–Trinajstić information content (AvgIpc) is 2.88. The topological polar surface area (TPSA) is 66.5 Å². The Labute approximate surface area is 135 Å². The third kappa shape index (κ3) is 3.71. The first-order valence-corrected chi connectivity index (χ1v) is 9.28. The van der Waals surface area contributed by atoms with Crippen LogP contribution < -0.4 is 10.2 Å². The van der Waals surface area contributed by atoms with Gasteiger partial charge in [0.25, 0.3) is 0 Å². The molecule has 0 aliphatic carbocycles. The molecule has 120 valence electrons. The van der Waals surface area contributed by atoms with E-state index in [1.165, 1.54) is 0 Å². The summed E-state index contributed by atoms with van der Waals surface area (Å²) in [6, 6.07) is 17.9. The van der Waals surface area contributed by atoms with Crippen LogP contribution in [0.1, 0.15) is 6.42 Å². The molecule has 2 aromatic rings. The second kappa shape index (κ2) is 6.42. The molecule has 1 aliphatic rings. The highest BCUT2D eigenvalue weighted by atomic mass is 32.2. The van der Waals surface area contributed by atoms with E-state index in [1.807, 2.05) is 60.7 Å². The Morgan fingerprint density at radius 1 is 0.957 bits per heavy atom. The molecule has 2 amide bonds. The maximum atomic E-state index is 12.7. The van der Waals surface area contributed by atoms with Crippen LogP contribution >= 0.6 is 0 Å². The lowest BCUT2D eigenvalue weighted by molar-refractivity contribution is 0.246. The van der Waals surface area contributed by atoms with Gasteiger partial charge < -0.3 is 5.32 Å². The molecule has 5 nitrogen and oxygen atoms in total. The summed E-state index contributed by atoms with van der Waals surface area (Å²) in [6.07, 6.45) is 0.464. The van der Waals surface area contributed by atoms with Crippen molar-refractivity contribution in [3.8, 4) is 0 Å². The fourth-order valence-electron chi connectivity index (χ4n) is 2.69. The number of urea groups is 1. The maximum absolute atomic E-state index is 12.7. The Morgan fingerprint density at radius 2 is 1.48 bits per heavy atom. The highest BCUT2D eigenvalue weighted by molar-refractivity contribution is 7.91. The van der Waals surface area contributed by atoms with Crippen LogP contribution in [0.4, 0.5) is 16.2 Å². The zero-order valence-corrected chi connectivity index (χ0v) is 13.4. The van der Waals surface area contributed by atoms with E-state index < -0.39 is 9.84 Å². The van der Waals surface area contributed by atoms with Crippen LogP contribution in [0.15, 0.2) is 60.7 Å². The molecule has 0 bridgehead atoms. The Morgan fingerprint density at radius 3 is 1.91 bits per heavy atom. The van der Waals surface area contributed by atoms with Crippen LogP contribution in [0, 0.1) is 0 Å². The number of para-hydroxylation sites is 2. The minimum Gasteiger partial charge on any atom is -0.334 e. The Hall–Kier alpha value is -2.34. The van der Waals surface area contributed by atoms with E-state index in [2.05, 4.69) is 5.32 Å². The molecule has 1 N–H and O–H groups in total. The van der Waals surface area contributed by atoms with Gasteiger partial charge >= 0.3 is 6.03 Å². The second-order valence-electron chi connectivity index (χ2n) is 5.56. The van der Waals surface area contributed by atoms with Crippen molar-refractivity contribution >= 4 is 27.2 Å². The molecule has 0 radical (unpaired) electrons. The van der Waals surface area contributed by atoms with Crippen LogP contribution in [0.5, 0.6) is 0 Å². The summed E-state index contributed by atoms with van der Waals surface area (Å²) >= 11 is 0. The average molecular weight is 330 g/mol. The molecule has 0 unspecified atom stereocenters. The minimum atomic E-state index is -3.03. The van der Waals surface area contributed by atoms with Crippen LogP contribution in [0.3, 0.4) is 0 Å². The first kappa shape index (κ1) is 15.6. The lowest BCUT2D eigenvalue weighted by Gasteiger charge is -2.25. The predicted molar refractivity (Wildman–Crippen MR) is 90.6 cm³/mol. The number of anilines is 2. The van der Waals surface area contributed by atoms with Gasteiger partial charge in [-0.1, -0.05) is 36.4 Å². The number of hydrogen-bond donors (Lipinski definition) is 1. The van der Waals surface area contributed by atoms with Crippen molar-refractivity contribution in [2.24, 2.45) is 0 Å². The van der Waals surface area contributed by atoms with Gasteiger partial charge in [0, 0.05) is 6.04 Å². The van der Waals surface area contributed by atoms with Crippen molar-refractivity contribution in [3.63, 3.8) is 0 Å². The van der Waals surface area contributed by atoms with Gasteiger partial charge in [0.1, 0.15) is 0 Å². The third-order valence-corrected chi connectivity index (χ3v) is 5.56. The number of amides is 2. The van der Waals surface area contributed by atoms with E-state index in [-0.39, 0.29) is 23.6 Å². The summed E-state index contributed by atoms with van der Waals surface area (Å²) in [7, 11) is -3.03. The van der Waals surface area contributed by atoms with E-state index in [4.69, 9.17) is 0 Å². The van der Waals surface area contributed by atoms with Crippen molar-refractivity contribution in [2.75, 3.05) is 16.4 Å². The van der Waals surface area contributed by atoms with E-state index in [9.17, 15) is 13.2 Å². The normalized spacial score (nSPS) is 19.2. The molecule has 1 saturated heterocycles. The molecule has 0 spiro atoms. The smallest absolute Gasteiger partial charge is 0.326 e. The fraction of sp³-hybridized carbons (Fsp3) is 0.235. The molecule has 3 rings (SSSR count). The first-order valence-electron chi connectivity index (χ1n) is 7.46. The number of hydrogen-bond acceptors (Lipinski definition) is 3. The highest BCUT2D eigenvalue weighted by Gasteiger charge is 2.30. The molecule has 1 fully saturated rings. The third-order valence-electron chi connectivity index (χ3n) is 3.79. The molecule has 0 saturated carbocycles. The molecule has 6 heteroatoms. The molecule has 23 heavy (non-hydrogen) atoms. The number of nitrogens with zero attached hydrogens (tertiary/aromatic N) is 1. The van der Waals surface area contributed by atoms with Crippen LogP contribution in [0.2, 0.25) is 0 Å². The van der Waals surface area contributed by atoms with Gasteiger partial charge in [-0.3, -0.25) is 4.90 Å². The minimum absolute atomic E-state index is 0.0101. The number of benzene rings is 2. The van der Waals surface area contributed by atoms with E-state index >= 15 is 0 Å². The van der Waals surface area contributed by atoms with Gasteiger partial charge in [0.2, 0.25) is 0 Å². The number of rotatable bonds is 3. The summed E-state index contributed by atoms with van der Waals surface area (Å²) in [6.45, 7) is 0. The van der Waals surface area contributed by atoms with Crippen molar-refractivity contribution in [1.82, 2.24) is 5.32 Å². The van der Waals surface area contributed by atoms with Crippen molar-refractivity contribution in [1.29, 1.82) is 0 Å². The molecule has 1 atom stereocenters. The molecule has 2 aromatic carbocycles. The van der Waals surface area contributed by atoms with Gasteiger partial charge in [0.05, 0.1) is 22.9 Å². The number of sulfone groups is 1. The van der Waals surface area contributed by atoms with E-state index in [0.717, 1.165) is 11.4 Å². The van der Waals surface area contributed by atoms with Gasteiger partial charge in [0.15, 0.2) is 9.84 Å². The van der Waals surface area contributed by atoms with Crippen LogP contribution in [0.25, 0.3) is 0 Å². The number of nitrogens with one attached hydrogen (secondary N) is 1. The number of carbonyl (C=O) groups excluding carboxylic acids is 1. The Bertz CT molecular complexity index is 737. The zero-order valence-electron chi connectivity index (χ0n) is 12.6. The molecular formula is C17H18N2O3S. The van der Waals surface area contributed by atoms with E-state index in [1.54, 1.807) is 4.90 Å². The molecule has 0 aromatic heterocycles. The van der Waals surface area contributed by atoms with E-state index in [0.29, 0.717) is 6.42 Å². The van der Waals surface area contributed by atoms with Crippen LogP contribution in [-0.4, -0.2) is 32.0 Å². The quantitative estimate of drug-likeness (QED) is 0.941.